The molecule has 2 fully saturated rings. The van der Waals surface area contributed by atoms with Gasteiger partial charge in [-0.2, -0.15) is 0 Å². The molecule has 1 saturated heterocycles. The number of hydrogen-bond acceptors (Lipinski definition) is 3. The lowest BCUT2D eigenvalue weighted by atomic mass is 9.67. The number of nitrogens with zero attached hydrogens (tertiary/aromatic N) is 2. The highest BCUT2D eigenvalue weighted by atomic mass is 16.2. The average molecular weight is 309 g/mol. The van der Waals surface area contributed by atoms with Crippen LogP contribution in [0.3, 0.4) is 0 Å². The van der Waals surface area contributed by atoms with Gasteiger partial charge in [0.2, 0.25) is 11.8 Å². The van der Waals surface area contributed by atoms with E-state index < -0.39 is 0 Å². The molecule has 0 radical (unpaired) electrons. The van der Waals surface area contributed by atoms with Crippen LogP contribution in [-0.4, -0.2) is 61.4 Å². The minimum Gasteiger partial charge on any atom is -0.347 e. The van der Waals surface area contributed by atoms with Crippen LogP contribution in [0.25, 0.3) is 0 Å². The van der Waals surface area contributed by atoms with Gasteiger partial charge >= 0.3 is 0 Å². The number of nitrogens with one attached hydrogen (secondary N) is 1. The standard InChI is InChI=1S/C17H31N3O2/c1-4-17(9-5-10-17)13-18-14-6-7-15(21)20(11-8-14)12-16(22)19(2)3/h14,18H,4-13H2,1-3H3/t14-/m0/s1. The molecule has 1 aliphatic carbocycles. The second-order valence-electron chi connectivity index (χ2n) is 7.22. The van der Waals surface area contributed by atoms with Gasteiger partial charge in [-0.3, -0.25) is 9.59 Å². The van der Waals surface area contributed by atoms with E-state index in [-0.39, 0.29) is 18.4 Å². The van der Waals surface area contributed by atoms with Crippen molar-refractivity contribution in [2.45, 2.75) is 57.9 Å². The third kappa shape index (κ3) is 4.22. The highest BCUT2D eigenvalue weighted by Gasteiger charge is 2.35. The molecule has 126 valence electrons. The van der Waals surface area contributed by atoms with E-state index in [1.54, 1.807) is 23.9 Å². The predicted octanol–water partition coefficient (Wildman–Crippen LogP) is 1.63. The quantitative estimate of drug-likeness (QED) is 0.811. The van der Waals surface area contributed by atoms with Crippen LogP contribution >= 0.6 is 0 Å². The van der Waals surface area contributed by atoms with Crippen LogP contribution in [0, 0.1) is 5.41 Å². The van der Waals surface area contributed by atoms with Crippen LogP contribution in [0.5, 0.6) is 0 Å². The van der Waals surface area contributed by atoms with Crippen LogP contribution < -0.4 is 5.32 Å². The fourth-order valence-corrected chi connectivity index (χ4v) is 3.41. The topological polar surface area (TPSA) is 52.7 Å². The fraction of sp³-hybridized carbons (Fsp3) is 0.882. The number of carbonyl (C=O) groups is 2. The van der Waals surface area contributed by atoms with E-state index in [9.17, 15) is 9.59 Å². The van der Waals surface area contributed by atoms with Gasteiger partial charge in [0.05, 0.1) is 6.54 Å². The number of likely N-dealkylation sites (tertiary alicyclic amines) is 1. The fourth-order valence-electron chi connectivity index (χ4n) is 3.41. The van der Waals surface area contributed by atoms with Crippen molar-refractivity contribution in [3.8, 4) is 0 Å². The molecule has 0 aromatic carbocycles. The molecule has 0 aromatic heterocycles. The molecule has 1 atom stereocenters. The Kier molecular flexibility index (Phi) is 5.84. The summed E-state index contributed by atoms with van der Waals surface area (Å²) in [6, 6.07) is 0.410. The maximum absolute atomic E-state index is 12.2. The van der Waals surface area contributed by atoms with E-state index in [4.69, 9.17) is 0 Å². The number of amides is 2. The smallest absolute Gasteiger partial charge is 0.241 e. The average Bonchev–Trinajstić information content (AvgIpc) is 2.62. The summed E-state index contributed by atoms with van der Waals surface area (Å²) < 4.78 is 0. The Balaban J connectivity index is 1.80. The van der Waals surface area contributed by atoms with Crippen molar-refractivity contribution in [2.75, 3.05) is 33.7 Å². The number of carbonyl (C=O) groups excluding carboxylic acids is 2. The second-order valence-corrected chi connectivity index (χ2v) is 7.22. The maximum Gasteiger partial charge on any atom is 0.241 e. The van der Waals surface area contributed by atoms with Gasteiger partial charge in [-0.1, -0.05) is 13.3 Å². The lowest BCUT2D eigenvalue weighted by Gasteiger charge is -2.42. The number of hydrogen-bond donors (Lipinski definition) is 1. The zero-order chi connectivity index (χ0) is 16.2. The van der Waals surface area contributed by atoms with Crippen LogP contribution in [0.4, 0.5) is 0 Å². The largest absolute Gasteiger partial charge is 0.347 e. The van der Waals surface area contributed by atoms with Gasteiger partial charge in [-0.05, 0) is 37.5 Å². The Morgan fingerprint density at radius 1 is 1.36 bits per heavy atom. The molecular formula is C17H31N3O2. The normalized spacial score (nSPS) is 24.6. The van der Waals surface area contributed by atoms with E-state index in [1.165, 1.54) is 25.7 Å². The number of rotatable bonds is 6. The van der Waals surface area contributed by atoms with Crippen LogP contribution in [0.2, 0.25) is 0 Å². The zero-order valence-electron chi connectivity index (χ0n) is 14.4. The Hall–Kier alpha value is -1.10. The van der Waals surface area contributed by atoms with Crippen molar-refractivity contribution < 1.29 is 9.59 Å². The molecule has 1 saturated carbocycles. The van der Waals surface area contributed by atoms with E-state index >= 15 is 0 Å². The minimum atomic E-state index is -0.000775. The summed E-state index contributed by atoms with van der Waals surface area (Å²) in [6.45, 7) is 4.28. The third-order valence-corrected chi connectivity index (χ3v) is 5.56. The first-order chi connectivity index (χ1) is 10.5. The van der Waals surface area contributed by atoms with Crippen molar-refractivity contribution in [2.24, 2.45) is 5.41 Å². The minimum absolute atomic E-state index is 0.000775. The van der Waals surface area contributed by atoms with Crippen LogP contribution in [0.15, 0.2) is 0 Å². The monoisotopic (exact) mass is 309 g/mol. The second kappa shape index (κ2) is 7.44. The van der Waals surface area contributed by atoms with E-state index in [2.05, 4.69) is 12.2 Å². The van der Waals surface area contributed by atoms with E-state index in [1.807, 2.05) is 0 Å². The molecule has 22 heavy (non-hydrogen) atoms. The first kappa shape index (κ1) is 17.3. The van der Waals surface area contributed by atoms with Crippen LogP contribution in [-0.2, 0) is 9.59 Å². The first-order valence-electron chi connectivity index (χ1n) is 8.67. The molecule has 5 heteroatoms. The van der Waals surface area contributed by atoms with Crippen LogP contribution in [0.1, 0.15) is 51.9 Å². The summed E-state index contributed by atoms with van der Waals surface area (Å²) in [5.41, 5.74) is 0.511. The molecule has 2 rings (SSSR count). The van der Waals surface area contributed by atoms with E-state index in [0.29, 0.717) is 24.4 Å². The molecule has 5 nitrogen and oxygen atoms in total. The van der Waals surface area contributed by atoms with Gasteiger partial charge in [-0.25, -0.2) is 0 Å². The van der Waals surface area contributed by atoms with Crippen molar-refractivity contribution >= 4 is 11.8 Å². The van der Waals surface area contributed by atoms with Crippen molar-refractivity contribution in [3.05, 3.63) is 0 Å². The Bertz CT molecular complexity index is 399. The van der Waals surface area contributed by atoms with E-state index in [0.717, 1.165) is 19.4 Å². The SMILES string of the molecule is CCC1(CN[C@H]2CCC(=O)N(CC(=O)N(C)C)CC2)CCC1. The highest BCUT2D eigenvalue weighted by Crippen LogP contribution is 2.43. The summed E-state index contributed by atoms with van der Waals surface area (Å²) >= 11 is 0. The molecule has 1 aliphatic heterocycles. The van der Waals surface area contributed by atoms with Gasteiger partial charge < -0.3 is 15.1 Å². The highest BCUT2D eigenvalue weighted by molar-refractivity contribution is 5.84. The molecule has 2 aliphatic rings. The molecule has 0 spiro atoms. The first-order valence-corrected chi connectivity index (χ1v) is 8.67. The summed E-state index contributed by atoms with van der Waals surface area (Å²) in [7, 11) is 3.47. The molecular weight excluding hydrogens is 278 g/mol. The molecule has 0 aromatic rings. The van der Waals surface area contributed by atoms with Gasteiger partial charge in [0.15, 0.2) is 0 Å². The Morgan fingerprint density at radius 2 is 2.09 bits per heavy atom. The van der Waals surface area contributed by atoms with Gasteiger partial charge in [-0.15, -0.1) is 0 Å². The molecule has 1 N–H and O–H groups in total. The Labute approximate surface area is 134 Å². The maximum atomic E-state index is 12.2. The zero-order valence-corrected chi connectivity index (χ0v) is 14.4. The summed E-state index contributed by atoms with van der Waals surface area (Å²) in [6.07, 6.45) is 7.68. The van der Waals surface area contributed by atoms with Gasteiger partial charge in [0.1, 0.15) is 0 Å². The molecule has 2 amide bonds. The lowest BCUT2D eigenvalue weighted by molar-refractivity contribution is -0.138. The van der Waals surface area contributed by atoms with Gasteiger partial charge in [0, 0.05) is 39.6 Å². The van der Waals surface area contributed by atoms with Crippen molar-refractivity contribution in [1.29, 1.82) is 0 Å². The Morgan fingerprint density at radius 3 is 2.64 bits per heavy atom. The third-order valence-electron chi connectivity index (χ3n) is 5.56. The predicted molar refractivity (Wildman–Crippen MR) is 87.5 cm³/mol. The summed E-state index contributed by atoms with van der Waals surface area (Å²) in [4.78, 5) is 27.3. The molecule has 0 unspecified atom stereocenters. The number of likely N-dealkylation sites (N-methyl/N-ethyl adjacent to an activating group) is 1. The van der Waals surface area contributed by atoms with Crippen molar-refractivity contribution in [1.82, 2.24) is 15.1 Å². The lowest BCUT2D eigenvalue weighted by Crippen LogP contribution is -2.44. The molecule has 0 bridgehead atoms. The summed E-state index contributed by atoms with van der Waals surface area (Å²) in [5, 5.41) is 3.70. The molecule has 1 heterocycles. The van der Waals surface area contributed by atoms with Gasteiger partial charge in [0.25, 0.3) is 0 Å². The summed E-state index contributed by atoms with van der Waals surface area (Å²) in [5.74, 6) is 0.118. The van der Waals surface area contributed by atoms with Crippen molar-refractivity contribution in [3.63, 3.8) is 0 Å².